The first-order valence-electron chi connectivity index (χ1n) is 15.2. The van der Waals surface area contributed by atoms with Crippen LogP contribution in [0, 0.1) is 5.82 Å². The lowest BCUT2D eigenvalue weighted by atomic mass is 9.95. The van der Waals surface area contributed by atoms with Crippen molar-refractivity contribution in [3.8, 4) is 23.0 Å². The van der Waals surface area contributed by atoms with Gasteiger partial charge in [0.25, 0.3) is 0 Å². The van der Waals surface area contributed by atoms with Crippen molar-refractivity contribution in [2.75, 3.05) is 44.7 Å². The van der Waals surface area contributed by atoms with Crippen LogP contribution in [0.4, 0.5) is 10.2 Å². The molecule has 1 saturated carbocycles. The van der Waals surface area contributed by atoms with E-state index in [0.29, 0.717) is 41.5 Å². The van der Waals surface area contributed by atoms with Gasteiger partial charge in [-0.25, -0.2) is 4.39 Å². The van der Waals surface area contributed by atoms with Crippen molar-refractivity contribution in [1.82, 2.24) is 24.8 Å². The van der Waals surface area contributed by atoms with E-state index < -0.39 is 5.82 Å². The number of likely N-dealkylation sites (tertiary alicyclic amines) is 1. The number of hydrogen-bond donors (Lipinski definition) is 1. The van der Waals surface area contributed by atoms with Crippen LogP contribution in [0.25, 0.3) is 22.2 Å². The zero-order chi connectivity index (χ0) is 29.9. The number of phenolic OH excluding ortho intramolecular Hbond substituents is 1. The lowest BCUT2D eigenvalue weighted by molar-refractivity contribution is -0.125. The second kappa shape index (κ2) is 10.9. The molecule has 5 heterocycles. The first kappa shape index (κ1) is 28.3. The Morgan fingerprint density at radius 3 is 2.72 bits per heavy atom. The molecule has 1 amide bonds. The number of benzene rings is 1. The predicted octanol–water partition coefficient (Wildman–Crippen LogP) is 5.30. The molecule has 4 fully saturated rings. The Morgan fingerprint density at radius 1 is 1.23 bits per heavy atom. The normalized spacial score (nSPS) is 21.4. The quantitative estimate of drug-likeness (QED) is 0.345. The van der Waals surface area contributed by atoms with Gasteiger partial charge in [-0.1, -0.05) is 18.2 Å². The predicted molar refractivity (Wildman–Crippen MR) is 163 cm³/mol. The van der Waals surface area contributed by atoms with Crippen LogP contribution in [0.5, 0.6) is 11.8 Å². The molecule has 43 heavy (non-hydrogen) atoms. The van der Waals surface area contributed by atoms with Crippen molar-refractivity contribution < 1.29 is 19.0 Å². The minimum atomic E-state index is -0.612. The molecule has 1 atom stereocenters. The summed E-state index contributed by atoms with van der Waals surface area (Å²) < 4.78 is 23.0. The fourth-order valence-electron chi connectivity index (χ4n) is 7.35. The number of ether oxygens (including phenoxy) is 1. The van der Waals surface area contributed by atoms with Crippen molar-refractivity contribution in [2.24, 2.45) is 0 Å². The molecule has 0 spiro atoms. The molecule has 4 aliphatic rings. The summed E-state index contributed by atoms with van der Waals surface area (Å²) in [6.07, 6.45) is 9.95. The largest absolute Gasteiger partial charge is 0.508 e. The van der Waals surface area contributed by atoms with Crippen LogP contribution in [0.3, 0.4) is 0 Å². The van der Waals surface area contributed by atoms with Gasteiger partial charge in [0.1, 0.15) is 29.4 Å². The topological polar surface area (TPSA) is 94.9 Å². The molecule has 1 aliphatic carbocycles. The van der Waals surface area contributed by atoms with Gasteiger partial charge in [-0.05, 0) is 87.7 Å². The number of amides is 1. The zero-order valence-corrected chi connectivity index (χ0v) is 25.1. The van der Waals surface area contributed by atoms with Gasteiger partial charge in [-0.3, -0.25) is 14.7 Å². The van der Waals surface area contributed by atoms with Gasteiger partial charge in [0.15, 0.2) is 5.82 Å². The minimum Gasteiger partial charge on any atom is -0.508 e. The Labute approximate surface area is 255 Å². The molecule has 226 valence electrons. The smallest absolute Gasteiger partial charge is 0.319 e. The maximum absolute atomic E-state index is 16.6. The average Bonchev–Trinajstić information content (AvgIpc) is 3.37. The maximum atomic E-state index is 16.6. The van der Waals surface area contributed by atoms with E-state index in [1.807, 2.05) is 11.9 Å². The molecule has 3 aromatic rings. The summed E-state index contributed by atoms with van der Waals surface area (Å²) in [5, 5.41) is 11.2. The Hall–Kier alpha value is -3.50. The summed E-state index contributed by atoms with van der Waals surface area (Å²) >= 11 is 6.55. The standard InChI is InChI=1S/C32H36ClFN6O3/c1-3-25(42)39-13-8-20(17-39)38(2)30-23-16-35-28(22-14-21(41)15-24(33)26(22)19-6-7-19)27(34)29(23)36-31(37-30)43-18-32-9-4-11-40(32)12-5-10-32/h3,14-16,19-20,41H,1,4-13,17-18H2,2H3. The Balaban J connectivity index is 1.31. The van der Waals surface area contributed by atoms with Crippen LogP contribution >= 0.6 is 11.6 Å². The SMILES string of the molecule is C=CC(=O)N1CCC(N(C)c2nc(OCC34CCCN3CCC4)nc3c(F)c(-c4cc(O)cc(Cl)c4C4CC4)ncc23)C1. The number of pyridine rings is 1. The molecule has 1 unspecified atom stereocenters. The highest BCUT2D eigenvalue weighted by molar-refractivity contribution is 6.32. The number of aromatic hydroxyl groups is 1. The third-order valence-electron chi connectivity index (χ3n) is 9.81. The monoisotopic (exact) mass is 606 g/mol. The van der Waals surface area contributed by atoms with E-state index in [2.05, 4.69) is 21.4 Å². The van der Waals surface area contributed by atoms with Crippen LogP contribution < -0.4 is 9.64 Å². The van der Waals surface area contributed by atoms with Crippen LogP contribution in [-0.2, 0) is 4.79 Å². The summed E-state index contributed by atoms with van der Waals surface area (Å²) in [4.78, 5) is 32.5. The number of carbonyl (C=O) groups excluding carboxylic acids is 1. The molecule has 7 rings (SSSR count). The highest BCUT2D eigenvalue weighted by Crippen LogP contribution is 2.49. The Bertz CT molecular complexity index is 1600. The van der Waals surface area contributed by atoms with Gasteiger partial charge >= 0.3 is 6.01 Å². The van der Waals surface area contributed by atoms with Crippen LogP contribution in [0.1, 0.15) is 56.4 Å². The number of halogens is 2. The van der Waals surface area contributed by atoms with E-state index in [1.54, 1.807) is 11.1 Å². The average molecular weight is 607 g/mol. The van der Waals surface area contributed by atoms with Crippen molar-refractivity contribution >= 4 is 34.2 Å². The Morgan fingerprint density at radius 2 is 2.00 bits per heavy atom. The highest BCUT2D eigenvalue weighted by atomic mass is 35.5. The second-order valence-electron chi connectivity index (χ2n) is 12.4. The number of rotatable bonds is 8. The van der Waals surface area contributed by atoms with E-state index in [-0.39, 0.29) is 46.4 Å². The third-order valence-corrected chi connectivity index (χ3v) is 10.1. The van der Waals surface area contributed by atoms with Gasteiger partial charge in [0.05, 0.1) is 10.9 Å². The minimum absolute atomic E-state index is 0.0270. The number of aromatic nitrogens is 3. The number of phenols is 1. The third kappa shape index (κ3) is 4.98. The van der Waals surface area contributed by atoms with E-state index in [1.165, 1.54) is 18.2 Å². The molecular formula is C32H36ClFN6O3. The summed E-state index contributed by atoms with van der Waals surface area (Å²) in [6, 6.07) is 3.10. The van der Waals surface area contributed by atoms with Gasteiger partial charge < -0.3 is 19.6 Å². The van der Waals surface area contributed by atoms with Gasteiger partial charge in [-0.2, -0.15) is 9.97 Å². The summed E-state index contributed by atoms with van der Waals surface area (Å²) in [5.41, 5.74) is 1.44. The second-order valence-corrected chi connectivity index (χ2v) is 12.8. The fraction of sp³-hybridized carbons (Fsp3) is 0.500. The first-order chi connectivity index (χ1) is 20.8. The van der Waals surface area contributed by atoms with E-state index in [0.717, 1.165) is 63.6 Å². The maximum Gasteiger partial charge on any atom is 0.319 e. The molecule has 3 saturated heterocycles. The molecule has 1 N–H and O–H groups in total. The summed E-state index contributed by atoms with van der Waals surface area (Å²) in [7, 11) is 1.90. The van der Waals surface area contributed by atoms with Crippen molar-refractivity contribution in [3.05, 3.63) is 47.4 Å². The number of nitrogens with zero attached hydrogens (tertiary/aromatic N) is 6. The molecule has 1 aromatic carbocycles. The Kier molecular flexibility index (Phi) is 7.16. The van der Waals surface area contributed by atoms with Gasteiger partial charge in [0, 0.05) is 43.0 Å². The van der Waals surface area contributed by atoms with Gasteiger partial charge in [0.2, 0.25) is 5.91 Å². The van der Waals surface area contributed by atoms with Crippen molar-refractivity contribution in [2.45, 2.75) is 62.4 Å². The lowest BCUT2D eigenvalue weighted by Crippen LogP contribution is -2.43. The highest BCUT2D eigenvalue weighted by Gasteiger charge is 2.45. The number of hydrogen-bond acceptors (Lipinski definition) is 8. The van der Waals surface area contributed by atoms with E-state index in [9.17, 15) is 9.90 Å². The molecule has 2 aromatic heterocycles. The van der Waals surface area contributed by atoms with E-state index >= 15 is 4.39 Å². The van der Waals surface area contributed by atoms with Crippen molar-refractivity contribution in [1.29, 1.82) is 0 Å². The lowest BCUT2D eigenvalue weighted by Gasteiger charge is -2.31. The molecule has 9 nitrogen and oxygen atoms in total. The van der Waals surface area contributed by atoms with E-state index in [4.69, 9.17) is 21.3 Å². The first-order valence-corrected chi connectivity index (χ1v) is 15.6. The number of carbonyl (C=O) groups is 1. The molecule has 0 radical (unpaired) electrons. The van der Waals surface area contributed by atoms with Crippen LogP contribution in [0.15, 0.2) is 31.0 Å². The van der Waals surface area contributed by atoms with Gasteiger partial charge in [-0.15, -0.1) is 0 Å². The number of fused-ring (bicyclic) bond motifs is 2. The fourth-order valence-corrected chi connectivity index (χ4v) is 7.72. The molecule has 0 bridgehead atoms. The molecule has 3 aliphatic heterocycles. The van der Waals surface area contributed by atoms with Crippen LogP contribution in [0.2, 0.25) is 5.02 Å². The zero-order valence-electron chi connectivity index (χ0n) is 24.4. The van der Waals surface area contributed by atoms with Crippen LogP contribution in [-0.4, -0.2) is 87.2 Å². The number of anilines is 1. The summed E-state index contributed by atoms with van der Waals surface area (Å²) in [6.45, 7) is 7.30. The molecule has 11 heteroatoms. The summed E-state index contributed by atoms with van der Waals surface area (Å²) in [5.74, 6) is -0.0685. The van der Waals surface area contributed by atoms with Crippen molar-refractivity contribution in [3.63, 3.8) is 0 Å². The number of likely N-dealkylation sites (N-methyl/N-ethyl adjacent to an activating group) is 1. The molecular weight excluding hydrogens is 571 g/mol.